The lowest BCUT2D eigenvalue weighted by atomic mass is 10.1. The van der Waals surface area contributed by atoms with E-state index in [1.807, 2.05) is 18.2 Å². The van der Waals surface area contributed by atoms with Crippen LogP contribution in [0, 0.1) is 0 Å². The molecular formula is C17H18ClNO. The first-order chi connectivity index (χ1) is 9.78. The third-order valence-corrected chi connectivity index (χ3v) is 4.05. The highest BCUT2D eigenvalue weighted by molar-refractivity contribution is 6.30. The van der Waals surface area contributed by atoms with E-state index in [4.69, 9.17) is 16.3 Å². The van der Waals surface area contributed by atoms with Crippen LogP contribution in [-0.4, -0.2) is 13.2 Å². The summed E-state index contributed by atoms with van der Waals surface area (Å²) in [6, 6.07) is 17.0. The van der Waals surface area contributed by atoms with Crippen molar-refractivity contribution in [3.8, 4) is 5.75 Å². The van der Waals surface area contributed by atoms with Crippen LogP contribution in [0.4, 0.5) is 0 Å². The van der Waals surface area contributed by atoms with Gasteiger partial charge >= 0.3 is 0 Å². The van der Waals surface area contributed by atoms with Crippen molar-refractivity contribution < 1.29 is 4.74 Å². The fraction of sp³-hybridized carbons (Fsp3) is 0.294. The lowest BCUT2D eigenvalue weighted by Gasteiger charge is -2.10. The minimum absolute atomic E-state index is 0.557. The van der Waals surface area contributed by atoms with Gasteiger partial charge in [0.25, 0.3) is 0 Å². The van der Waals surface area contributed by atoms with Crippen molar-refractivity contribution >= 4 is 11.6 Å². The minimum atomic E-state index is 0.557. The van der Waals surface area contributed by atoms with E-state index in [0.29, 0.717) is 12.0 Å². The highest BCUT2D eigenvalue weighted by Gasteiger charge is 2.37. The van der Waals surface area contributed by atoms with E-state index in [2.05, 4.69) is 35.6 Å². The Bertz CT molecular complexity index is 585. The Labute approximate surface area is 124 Å². The molecule has 2 aromatic rings. The maximum Gasteiger partial charge on any atom is 0.123 e. The molecule has 0 amide bonds. The van der Waals surface area contributed by atoms with Crippen LogP contribution in [0.3, 0.4) is 0 Å². The first-order valence-corrected chi connectivity index (χ1v) is 7.26. The van der Waals surface area contributed by atoms with Crippen molar-refractivity contribution in [2.24, 2.45) is 0 Å². The molecule has 0 heterocycles. The molecule has 0 bridgehead atoms. The summed E-state index contributed by atoms with van der Waals surface area (Å²) in [5.74, 6) is 1.53. The van der Waals surface area contributed by atoms with Gasteiger partial charge in [-0.05, 0) is 30.2 Å². The number of rotatable bonds is 5. The zero-order valence-corrected chi connectivity index (χ0v) is 12.2. The quantitative estimate of drug-likeness (QED) is 0.898. The molecule has 1 aliphatic rings. The second kappa shape index (κ2) is 5.86. The minimum Gasteiger partial charge on any atom is -0.496 e. The Morgan fingerprint density at radius 1 is 1.20 bits per heavy atom. The van der Waals surface area contributed by atoms with E-state index in [9.17, 15) is 0 Å². The predicted molar refractivity (Wildman–Crippen MR) is 82.4 cm³/mol. The molecule has 2 atom stereocenters. The SMILES string of the molecule is COc1ccc(Cl)cc1CNC1CC1c1ccccc1. The summed E-state index contributed by atoms with van der Waals surface area (Å²) in [7, 11) is 1.69. The number of nitrogens with one attached hydrogen (secondary N) is 1. The van der Waals surface area contributed by atoms with Gasteiger partial charge < -0.3 is 10.1 Å². The molecule has 0 saturated heterocycles. The summed E-state index contributed by atoms with van der Waals surface area (Å²) in [6.45, 7) is 0.789. The maximum absolute atomic E-state index is 6.05. The molecule has 20 heavy (non-hydrogen) atoms. The lowest BCUT2D eigenvalue weighted by Crippen LogP contribution is -2.17. The molecule has 0 radical (unpaired) electrons. The summed E-state index contributed by atoms with van der Waals surface area (Å²) in [6.07, 6.45) is 1.20. The van der Waals surface area contributed by atoms with Gasteiger partial charge in [-0.15, -0.1) is 0 Å². The van der Waals surface area contributed by atoms with Gasteiger partial charge in [0.05, 0.1) is 7.11 Å². The van der Waals surface area contributed by atoms with Crippen LogP contribution in [0.2, 0.25) is 5.02 Å². The number of hydrogen-bond donors (Lipinski definition) is 1. The first-order valence-electron chi connectivity index (χ1n) is 6.88. The molecule has 2 unspecified atom stereocenters. The largest absolute Gasteiger partial charge is 0.496 e. The van der Waals surface area contributed by atoms with Crippen LogP contribution in [0.5, 0.6) is 5.75 Å². The molecule has 1 N–H and O–H groups in total. The molecule has 3 rings (SSSR count). The second-order valence-corrected chi connectivity index (χ2v) is 5.63. The summed E-state index contributed by atoms with van der Waals surface area (Å²) in [5.41, 5.74) is 2.53. The Balaban J connectivity index is 1.60. The molecule has 1 aliphatic carbocycles. The lowest BCUT2D eigenvalue weighted by molar-refractivity contribution is 0.407. The monoisotopic (exact) mass is 287 g/mol. The zero-order valence-electron chi connectivity index (χ0n) is 11.5. The summed E-state index contributed by atoms with van der Waals surface area (Å²) in [5, 5.41) is 4.33. The summed E-state index contributed by atoms with van der Waals surface area (Å²) in [4.78, 5) is 0. The normalized spacial score (nSPS) is 20.7. The molecule has 0 aliphatic heterocycles. The third-order valence-electron chi connectivity index (χ3n) is 3.82. The average molecular weight is 288 g/mol. The van der Waals surface area contributed by atoms with Crippen molar-refractivity contribution in [3.05, 3.63) is 64.7 Å². The number of halogens is 1. The molecule has 104 valence electrons. The van der Waals surface area contributed by atoms with Gasteiger partial charge in [0.2, 0.25) is 0 Å². The highest BCUT2D eigenvalue weighted by Crippen LogP contribution is 2.41. The van der Waals surface area contributed by atoms with E-state index < -0.39 is 0 Å². The van der Waals surface area contributed by atoms with Gasteiger partial charge in [0.1, 0.15) is 5.75 Å². The van der Waals surface area contributed by atoms with Gasteiger partial charge in [-0.3, -0.25) is 0 Å². The molecule has 0 spiro atoms. The molecule has 3 heteroatoms. The van der Waals surface area contributed by atoms with Crippen molar-refractivity contribution in [2.45, 2.75) is 24.9 Å². The predicted octanol–water partition coefficient (Wildman–Crippen LogP) is 3.99. The number of benzene rings is 2. The molecule has 0 aromatic heterocycles. The Morgan fingerprint density at radius 2 is 2.00 bits per heavy atom. The van der Waals surface area contributed by atoms with Gasteiger partial charge in [0, 0.05) is 29.1 Å². The van der Waals surface area contributed by atoms with Crippen molar-refractivity contribution in [1.82, 2.24) is 5.32 Å². The van der Waals surface area contributed by atoms with Crippen LogP contribution in [0.1, 0.15) is 23.5 Å². The van der Waals surface area contributed by atoms with Gasteiger partial charge in [-0.25, -0.2) is 0 Å². The molecular weight excluding hydrogens is 270 g/mol. The van der Waals surface area contributed by atoms with Gasteiger partial charge in [-0.2, -0.15) is 0 Å². The Hall–Kier alpha value is -1.51. The Morgan fingerprint density at radius 3 is 2.75 bits per heavy atom. The standard InChI is InChI=1S/C17H18ClNO/c1-20-17-8-7-14(18)9-13(17)11-19-16-10-15(16)12-5-3-2-4-6-12/h2-9,15-16,19H,10-11H2,1H3. The van der Waals surface area contributed by atoms with E-state index in [1.165, 1.54) is 12.0 Å². The number of hydrogen-bond acceptors (Lipinski definition) is 2. The topological polar surface area (TPSA) is 21.3 Å². The van der Waals surface area contributed by atoms with E-state index in [-0.39, 0.29) is 0 Å². The van der Waals surface area contributed by atoms with Gasteiger partial charge in [-0.1, -0.05) is 41.9 Å². The first kappa shape index (κ1) is 13.5. The molecule has 1 fully saturated rings. The van der Waals surface area contributed by atoms with Crippen LogP contribution in [-0.2, 0) is 6.54 Å². The average Bonchev–Trinajstić information content (AvgIpc) is 3.26. The van der Waals surface area contributed by atoms with Crippen molar-refractivity contribution in [3.63, 3.8) is 0 Å². The van der Waals surface area contributed by atoms with E-state index >= 15 is 0 Å². The summed E-state index contributed by atoms with van der Waals surface area (Å²) >= 11 is 6.05. The Kier molecular flexibility index (Phi) is 3.95. The van der Waals surface area contributed by atoms with E-state index in [1.54, 1.807) is 7.11 Å². The van der Waals surface area contributed by atoms with E-state index in [0.717, 1.165) is 22.9 Å². The van der Waals surface area contributed by atoms with Crippen LogP contribution in [0.25, 0.3) is 0 Å². The molecule has 2 aromatic carbocycles. The number of methoxy groups -OCH3 is 1. The third kappa shape index (κ3) is 2.97. The number of ether oxygens (including phenoxy) is 1. The maximum atomic E-state index is 6.05. The fourth-order valence-electron chi connectivity index (χ4n) is 2.62. The highest BCUT2D eigenvalue weighted by atomic mass is 35.5. The summed E-state index contributed by atoms with van der Waals surface area (Å²) < 4.78 is 5.37. The molecule has 2 nitrogen and oxygen atoms in total. The zero-order chi connectivity index (χ0) is 13.9. The second-order valence-electron chi connectivity index (χ2n) is 5.20. The van der Waals surface area contributed by atoms with Gasteiger partial charge in [0.15, 0.2) is 0 Å². The van der Waals surface area contributed by atoms with Crippen LogP contribution < -0.4 is 10.1 Å². The fourth-order valence-corrected chi connectivity index (χ4v) is 2.81. The molecule has 1 saturated carbocycles. The van der Waals surface area contributed by atoms with Crippen LogP contribution >= 0.6 is 11.6 Å². The smallest absolute Gasteiger partial charge is 0.123 e. The van der Waals surface area contributed by atoms with Crippen molar-refractivity contribution in [1.29, 1.82) is 0 Å². The van der Waals surface area contributed by atoms with Crippen molar-refractivity contribution in [2.75, 3.05) is 7.11 Å². The van der Waals surface area contributed by atoms with Crippen LogP contribution in [0.15, 0.2) is 48.5 Å².